The average Bonchev–Trinajstić information content (AvgIpc) is 2.79. The van der Waals surface area contributed by atoms with Gasteiger partial charge in [-0.05, 0) is 30.7 Å². The maximum absolute atomic E-state index is 12.8. The fourth-order valence-electron chi connectivity index (χ4n) is 3.30. The number of carboxylic acids is 1. The zero-order valence-corrected chi connectivity index (χ0v) is 21.4. The molecule has 0 fully saturated rings. The maximum Gasteiger partial charge on any atom is 0.338 e. The Morgan fingerprint density at radius 3 is 1.85 bits per heavy atom. The molecule has 0 saturated heterocycles. The molecule has 9 heteroatoms. The van der Waals surface area contributed by atoms with E-state index in [9.17, 15) is 14.7 Å². The number of carboxylic acid groups (broad SMARTS) is 1. The second-order valence-corrected chi connectivity index (χ2v) is 9.12. The van der Waals surface area contributed by atoms with Crippen molar-refractivity contribution in [2.75, 3.05) is 11.9 Å². The fraction of sp³-hybridized carbons (Fsp3) is 0.417. The SMILES string of the molecule is CCCCCCCCCCOc1ccc(NC(=O)c2c(Cl)c(Cl)c(Cl)c(Cl)c2C(=O)O)cc1. The molecule has 0 aliphatic carbocycles. The van der Waals surface area contributed by atoms with Crippen molar-refractivity contribution in [1.29, 1.82) is 0 Å². The van der Waals surface area contributed by atoms with Crippen LogP contribution in [0.2, 0.25) is 20.1 Å². The molecule has 33 heavy (non-hydrogen) atoms. The molecule has 0 spiro atoms. The summed E-state index contributed by atoms with van der Waals surface area (Å²) >= 11 is 24.0. The summed E-state index contributed by atoms with van der Waals surface area (Å²) in [6.45, 7) is 2.84. The highest BCUT2D eigenvalue weighted by atomic mass is 35.5. The van der Waals surface area contributed by atoms with Gasteiger partial charge in [0.05, 0.1) is 37.8 Å². The van der Waals surface area contributed by atoms with Crippen molar-refractivity contribution in [3.05, 3.63) is 55.5 Å². The molecule has 2 rings (SSSR count). The lowest BCUT2D eigenvalue weighted by Crippen LogP contribution is -2.18. The Labute approximate surface area is 214 Å². The van der Waals surface area contributed by atoms with Gasteiger partial charge in [-0.25, -0.2) is 4.79 Å². The fourth-order valence-corrected chi connectivity index (χ4v) is 4.32. The lowest BCUT2D eigenvalue weighted by Gasteiger charge is -2.14. The summed E-state index contributed by atoms with van der Waals surface area (Å²) in [5.74, 6) is -1.54. The van der Waals surface area contributed by atoms with Crippen LogP contribution in [0.3, 0.4) is 0 Å². The van der Waals surface area contributed by atoms with Crippen molar-refractivity contribution in [1.82, 2.24) is 0 Å². The summed E-state index contributed by atoms with van der Waals surface area (Å²) in [5.41, 5.74) is -0.452. The zero-order chi connectivity index (χ0) is 24.4. The van der Waals surface area contributed by atoms with Crippen molar-refractivity contribution >= 4 is 64.0 Å². The number of ether oxygens (including phenoxy) is 1. The van der Waals surface area contributed by atoms with Gasteiger partial charge in [-0.3, -0.25) is 4.79 Å². The summed E-state index contributed by atoms with van der Waals surface area (Å²) in [4.78, 5) is 24.4. The van der Waals surface area contributed by atoms with Gasteiger partial charge >= 0.3 is 5.97 Å². The molecule has 0 aliphatic heterocycles. The summed E-state index contributed by atoms with van der Waals surface area (Å²) in [5, 5.41) is 11.0. The molecular formula is C24H27Cl4NO4. The molecule has 2 N–H and O–H groups in total. The van der Waals surface area contributed by atoms with E-state index in [0.29, 0.717) is 18.0 Å². The zero-order valence-electron chi connectivity index (χ0n) is 18.4. The highest BCUT2D eigenvalue weighted by Crippen LogP contribution is 2.41. The average molecular weight is 535 g/mol. The van der Waals surface area contributed by atoms with Gasteiger partial charge in [-0.1, -0.05) is 98.3 Å². The van der Waals surface area contributed by atoms with Crippen molar-refractivity contribution < 1.29 is 19.4 Å². The van der Waals surface area contributed by atoms with E-state index in [1.54, 1.807) is 24.3 Å². The van der Waals surface area contributed by atoms with E-state index in [2.05, 4.69) is 12.2 Å². The minimum Gasteiger partial charge on any atom is -0.494 e. The highest BCUT2D eigenvalue weighted by molar-refractivity contribution is 6.54. The third-order valence-corrected chi connectivity index (χ3v) is 6.89. The van der Waals surface area contributed by atoms with Gasteiger partial charge in [0.25, 0.3) is 5.91 Å². The molecule has 0 aliphatic rings. The summed E-state index contributed by atoms with van der Waals surface area (Å²) in [7, 11) is 0. The molecule has 1 amide bonds. The molecule has 0 radical (unpaired) electrons. The number of aromatic carboxylic acids is 1. The Balaban J connectivity index is 1.92. The van der Waals surface area contributed by atoms with Crippen LogP contribution in [0.25, 0.3) is 0 Å². The van der Waals surface area contributed by atoms with Crippen molar-refractivity contribution in [3.63, 3.8) is 0 Å². The molecule has 0 aromatic heterocycles. The van der Waals surface area contributed by atoms with Crippen LogP contribution in [0.5, 0.6) is 5.75 Å². The number of unbranched alkanes of at least 4 members (excludes halogenated alkanes) is 7. The number of hydrogen-bond donors (Lipinski definition) is 2. The van der Waals surface area contributed by atoms with Crippen molar-refractivity contribution in [3.8, 4) is 5.75 Å². The number of amides is 1. The third-order valence-electron chi connectivity index (χ3n) is 5.09. The van der Waals surface area contributed by atoms with E-state index in [1.165, 1.54) is 38.5 Å². The van der Waals surface area contributed by atoms with Gasteiger partial charge in [0.15, 0.2) is 0 Å². The highest BCUT2D eigenvalue weighted by Gasteiger charge is 2.28. The molecule has 0 heterocycles. The van der Waals surface area contributed by atoms with Gasteiger partial charge in [0.1, 0.15) is 5.75 Å². The maximum atomic E-state index is 12.8. The minimum absolute atomic E-state index is 0.191. The van der Waals surface area contributed by atoms with E-state index < -0.39 is 17.4 Å². The van der Waals surface area contributed by atoms with E-state index >= 15 is 0 Å². The number of carbonyl (C=O) groups excluding carboxylic acids is 1. The normalized spacial score (nSPS) is 10.8. The molecule has 180 valence electrons. The summed E-state index contributed by atoms with van der Waals surface area (Å²) in [6, 6.07) is 6.74. The van der Waals surface area contributed by atoms with Crippen LogP contribution in [-0.4, -0.2) is 23.6 Å². The smallest absolute Gasteiger partial charge is 0.338 e. The van der Waals surface area contributed by atoms with Crippen molar-refractivity contribution in [2.45, 2.75) is 58.3 Å². The molecule has 0 bridgehead atoms. The van der Waals surface area contributed by atoms with Crippen molar-refractivity contribution in [2.24, 2.45) is 0 Å². The second-order valence-electron chi connectivity index (χ2n) is 7.61. The Kier molecular flexibility index (Phi) is 11.6. The number of nitrogens with one attached hydrogen (secondary N) is 1. The number of benzene rings is 2. The van der Waals surface area contributed by atoms with E-state index in [1.807, 2.05) is 0 Å². The van der Waals surface area contributed by atoms with Crippen LogP contribution in [0, 0.1) is 0 Å². The van der Waals surface area contributed by atoms with E-state index in [-0.39, 0.29) is 25.7 Å². The standard InChI is InChI=1S/C24H27Cl4NO4/c1-2-3-4-5-6-7-8-9-14-33-16-12-10-15(11-13-16)29-23(30)17-18(24(31)32)20(26)22(28)21(27)19(17)25/h10-13H,2-9,14H2,1H3,(H,29,30)(H,31,32). The van der Waals surface area contributed by atoms with Gasteiger partial charge < -0.3 is 15.2 Å². The summed E-state index contributed by atoms with van der Waals surface area (Å²) < 4.78 is 5.75. The van der Waals surface area contributed by atoms with Crippen LogP contribution < -0.4 is 10.1 Å². The minimum atomic E-state index is -1.45. The number of hydrogen-bond acceptors (Lipinski definition) is 3. The Hall–Kier alpha value is -1.66. The first kappa shape index (κ1) is 27.6. The first-order valence-corrected chi connectivity index (χ1v) is 12.4. The van der Waals surface area contributed by atoms with Crippen LogP contribution in [0.15, 0.2) is 24.3 Å². The van der Waals surface area contributed by atoms with Gasteiger partial charge in [0, 0.05) is 5.69 Å². The predicted octanol–water partition coefficient (Wildman–Crippen LogP) is 8.77. The number of halogens is 4. The third kappa shape index (κ3) is 7.96. The second kappa shape index (κ2) is 13.9. The van der Waals surface area contributed by atoms with Crippen LogP contribution in [0.1, 0.15) is 79.0 Å². The lowest BCUT2D eigenvalue weighted by molar-refractivity contribution is 0.0692. The molecule has 0 unspecified atom stereocenters. The van der Waals surface area contributed by atoms with Gasteiger partial charge in [-0.15, -0.1) is 0 Å². The largest absolute Gasteiger partial charge is 0.494 e. The van der Waals surface area contributed by atoms with Gasteiger partial charge in [-0.2, -0.15) is 0 Å². The van der Waals surface area contributed by atoms with E-state index in [4.69, 9.17) is 51.1 Å². The quantitative estimate of drug-likeness (QED) is 0.153. The first-order chi connectivity index (χ1) is 15.8. The van der Waals surface area contributed by atoms with Crippen LogP contribution in [0.4, 0.5) is 5.69 Å². The molecule has 2 aromatic rings. The monoisotopic (exact) mass is 533 g/mol. The molecule has 0 saturated carbocycles. The molecular weight excluding hydrogens is 508 g/mol. The number of rotatable bonds is 13. The topological polar surface area (TPSA) is 75.6 Å². The predicted molar refractivity (Wildman–Crippen MR) is 136 cm³/mol. The molecule has 5 nitrogen and oxygen atoms in total. The Bertz CT molecular complexity index is 964. The Morgan fingerprint density at radius 2 is 1.30 bits per heavy atom. The molecule has 0 atom stereocenters. The number of anilines is 1. The summed E-state index contributed by atoms with van der Waals surface area (Å²) in [6.07, 6.45) is 9.81. The molecule has 2 aromatic carbocycles. The first-order valence-electron chi connectivity index (χ1n) is 10.9. The van der Waals surface area contributed by atoms with E-state index in [0.717, 1.165) is 12.8 Å². The van der Waals surface area contributed by atoms with Gasteiger partial charge in [0.2, 0.25) is 0 Å². The Morgan fingerprint density at radius 1 is 0.788 bits per heavy atom. The number of carbonyl (C=O) groups is 2. The van der Waals surface area contributed by atoms with Crippen LogP contribution >= 0.6 is 46.4 Å². The lowest BCUT2D eigenvalue weighted by atomic mass is 10.1. The van der Waals surface area contributed by atoms with Crippen LogP contribution in [-0.2, 0) is 0 Å².